The van der Waals surface area contributed by atoms with Crippen LogP contribution in [0.3, 0.4) is 0 Å². The lowest BCUT2D eigenvalue weighted by atomic mass is 10.1. The lowest BCUT2D eigenvalue weighted by Crippen LogP contribution is -2.54. The maximum atomic E-state index is 13.1. The van der Waals surface area contributed by atoms with Crippen molar-refractivity contribution in [2.24, 2.45) is 0 Å². The number of aryl methyl sites for hydroxylation is 1. The zero-order chi connectivity index (χ0) is 23.4. The second kappa shape index (κ2) is 9.87. The molecule has 4 amide bonds. The number of nitrogens with one attached hydrogen (secondary N) is 1. The highest BCUT2D eigenvalue weighted by molar-refractivity contribution is 9.10. The Bertz CT molecular complexity index is 1210. The van der Waals surface area contributed by atoms with Crippen LogP contribution in [0.2, 0.25) is 0 Å². The van der Waals surface area contributed by atoms with Crippen molar-refractivity contribution in [1.82, 2.24) is 9.88 Å². The van der Waals surface area contributed by atoms with Crippen molar-refractivity contribution in [1.29, 1.82) is 0 Å². The van der Waals surface area contributed by atoms with Gasteiger partial charge in [0.15, 0.2) is 0 Å². The molecule has 7 nitrogen and oxygen atoms in total. The van der Waals surface area contributed by atoms with Gasteiger partial charge in [0, 0.05) is 16.4 Å². The molecular formula is C25H22BrN3O4. The lowest BCUT2D eigenvalue weighted by molar-refractivity contribution is -0.122. The van der Waals surface area contributed by atoms with E-state index in [0.717, 1.165) is 27.1 Å². The van der Waals surface area contributed by atoms with Crippen LogP contribution in [-0.4, -0.2) is 29.0 Å². The molecule has 1 N–H and O–H groups in total. The Kier molecular flexibility index (Phi) is 6.74. The molecule has 0 bridgehead atoms. The molecule has 1 aliphatic heterocycles. The molecule has 0 atom stereocenters. The van der Waals surface area contributed by atoms with Crippen molar-refractivity contribution in [3.05, 3.63) is 88.2 Å². The molecule has 0 unspecified atom stereocenters. The van der Waals surface area contributed by atoms with E-state index in [4.69, 9.17) is 4.74 Å². The summed E-state index contributed by atoms with van der Waals surface area (Å²) >= 11 is 3.39. The van der Waals surface area contributed by atoms with Crippen molar-refractivity contribution in [3.8, 4) is 5.75 Å². The van der Waals surface area contributed by atoms with Gasteiger partial charge >= 0.3 is 6.03 Å². The molecule has 0 spiro atoms. The van der Waals surface area contributed by atoms with Gasteiger partial charge in [-0.2, -0.15) is 0 Å². The van der Waals surface area contributed by atoms with Gasteiger partial charge in [0.05, 0.1) is 12.2 Å². The number of anilines is 1. The maximum absolute atomic E-state index is 13.1. The largest absolute Gasteiger partial charge is 0.492 e. The van der Waals surface area contributed by atoms with E-state index in [-0.39, 0.29) is 5.57 Å². The Morgan fingerprint density at radius 3 is 2.42 bits per heavy atom. The smallest absolute Gasteiger partial charge is 0.335 e. The van der Waals surface area contributed by atoms with E-state index in [1.54, 1.807) is 18.2 Å². The summed E-state index contributed by atoms with van der Waals surface area (Å²) in [6, 6.07) is 17.5. The van der Waals surface area contributed by atoms with E-state index in [9.17, 15) is 14.4 Å². The van der Waals surface area contributed by atoms with E-state index >= 15 is 0 Å². The Morgan fingerprint density at radius 1 is 1.00 bits per heavy atom. The van der Waals surface area contributed by atoms with E-state index in [1.165, 1.54) is 6.08 Å². The molecule has 4 rings (SSSR count). The van der Waals surface area contributed by atoms with Crippen molar-refractivity contribution in [2.75, 3.05) is 11.5 Å². The molecule has 1 aromatic heterocycles. The number of rotatable bonds is 7. The van der Waals surface area contributed by atoms with Gasteiger partial charge in [0.2, 0.25) is 0 Å². The molecule has 1 fully saturated rings. The van der Waals surface area contributed by atoms with Crippen LogP contribution in [0, 0.1) is 0 Å². The van der Waals surface area contributed by atoms with E-state index in [1.807, 2.05) is 60.2 Å². The zero-order valence-corrected chi connectivity index (χ0v) is 19.5. The molecular weight excluding hydrogens is 486 g/mol. The first-order chi connectivity index (χ1) is 16.0. The van der Waals surface area contributed by atoms with Gasteiger partial charge in [-0.3, -0.25) is 14.9 Å². The van der Waals surface area contributed by atoms with Crippen LogP contribution >= 0.6 is 15.9 Å². The standard InChI is InChI=1S/C25H22BrN3O4/c1-2-17-5-9-19(10-6-17)29-24(31)22(23(30)27-25(29)32)16-20-4-3-13-28(20)14-15-33-21-11-7-18(26)8-12-21/h3-13,16H,2,14-15H2,1H3,(H,27,30,32)/b22-16-. The average molecular weight is 508 g/mol. The SMILES string of the molecule is CCc1ccc(N2C(=O)NC(=O)/C(=C/c3cccn3CCOc3ccc(Br)cc3)C2=O)cc1. The third-order valence-electron chi connectivity index (χ3n) is 5.28. The summed E-state index contributed by atoms with van der Waals surface area (Å²) < 4.78 is 8.62. The van der Waals surface area contributed by atoms with E-state index < -0.39 is 17.8 Å². The average Bonchev–Trinajstić information content (AvgIpc) is 3.25. The van der Waals surface area contributed by atoms with Gasteiger partial charge in [-0.25, -0.2) is 9.69 Å². The normalized spacial score (nSPS) is 15.2. The number of hydrogen-bond donors (Lipinski definition) is 1. The highest BCUT2D eigenvalue weighted by atomic mass is 79.9. The molecule has 2 aromatic carbocycles. The van der Waals surface area contributed by atoms with Crippen LogP contribution in [0.1, 0.15) is 18.2 Å². The summed E-state index contributed by atoms with van der Waals surface area (Å²) in [7, 11) is 0. The number of nitrogens with zero attached hydrogens (tertiary/aromatic N) is 2. The number of urea groups is 1. The fourth-order valence-electron chi connectivity index (χ4n) is 3.48. The molecule has 2 heterocycles. The summed E-state index contributed by atoms with van der Waals surface area (Å²) in [5.74, 6) is -0.632. The molecule has 1 saturated heterocycles. The number of halogens is 1. The summed E-state index contributed by atoms with van der Waals surface area (Å²) in [6.45, 7) is 2.94. The minimum Gasteiger partial charge on any atom is -0.492 e. The van der Waals surface area contributed by atoms with Gasteiger partial charge < -0.3 is 9.30 Å². The van der Waals surface area contributed by atoms with Crippen molar-refractivity contribution in [3.63, 3.8) is 0 Å². The summed E-state index contributed by atoms with van der Waals surface area (Å²) in [5, 5.41) is 2.26. The molecule has 8 heteroatoms. The molecule has 3 aromatic rings. The third kappa shape index (κ3) is 5.06. The second-order valence-corrected chi connectivity index (χ2v) is 8.32. The van der Waals surface area contributed by atoms with Crippen LogP contribution in [0.5, 0.6) is 5.75 Å². The Labute approximate surface area is 199 Å². The van der Waals surface area contributed by atoms with Gasteiger partial charge in [-0.1, -0.05) is 35.0 Å². The Balaban J connectivity index is 1.52. The number of carbonyl (C=O) groups is 3. The molecule has 0 aliphatic carbocycles. The first-order valence-electron chi connectivity index (χ1n) is 10.5. The number of ether oxygens (including phenoxy) is 1. The van der Waals surface area contributed by atoms with Crippen LogP contribution in [0.15, 0.2) is 76.9 Å². The van der Waals surface area contributed by atoms with Gasteiger partial charge in [0.25, 0.3) is 11.8 Å². The summed E-state index contributed by atoms with van der Waals surface area (Å²) in [6.07, 6.45) is 4.18. The molecule has 33 heavy (non-hydrogen) atoms. The summed E-state index contributed by atoms with van der Waals surface area (Å²) in [5.41, 5.74) is 2.04. The second-order valence-electron chi connectivity index (χ2n) is 7.41. The fourth-order valence-corrected chi connectivity index (χ4v) is 3.74. The molecule has 0 radical (unpaired) electrons. The lowest BCUT2D eigenvalue weighted by Gasteiger charge is -2.26. The molecule has 168 valence electrons. The predicted molar refractivity (Wildman–Crippen MR) is 129 cm³/mol. The highest BCUT2D eigenvalue weighted by Gasteiger charge is 2.36. The molecule has 1 aliphatic rings. The van der Waals surface area contributed by atoms with Crippen LogP contribution < -0.4 is 15.0 Å². The predicted octanol–water partition coefficient (Wildman–Crippen LogP) is 4.56. The maximum Gasteiger partial charge on any atom is 0.335 e. The first kappa shape index (κ1) is 22.5. The van der Waals surface area contributed by atoms with Gasteiger partial charge in [-0.05, 0) is 66.6 Å². The van der Waals surface area contributed by atoms with Crippen molar-refractivity contribution in [2.45, 2.75) is 19.9 Å². The number of aromatic nitrogens is 1. The topological polar surface area (TPSA) is 80.6 Å². The zero-order valence-electron chi connectivity index (χ0n) is 18.0. The van der Waals surface area contributed by atoms with Gasteiger partial charge in [0.1, 0.15) is 17.9 Å². The number of hydrogen-bond acceptors (Lipinski definition) is 4. The van der Waals surface area contributed by atoms with Crippen LogP contribution in [0.4, 0.5) is 10.5 Å². The highest BCUT2D eigenvalue weighted by Crippen LogP contribution is 2.23. The number of benzene rings is 2. The minimum atomic E-state index is -0.760. The van der Waals surface area contributed by atoms with E-state index in [2.05, 4.69) is 21.2 Å². The third-order valence-corrected chi connectivity index (χ3v) is 5.80. The first-order valence-corrected chi connectivity index (χ1v) is 11.3. The minimum absolute atomic E-state index is 0.108. The number of barbiturate groups is 1. The molecule has 0 saturated carbocycles. The van der Waals surface area contributed by atoms with Crippen molar-refractivity contribution >= 4 is 45.5 Å². The number of amides is 4. The van der Waals surface area contributed by atoms with Crippen LogP contribution in [0.25, 0.3) is 6.08 Å². The Morgan fingerprint density at radius 2 is 1.73 bits per heavy atom. The fraction of sp³-hybridized carbons (Fsp3) is 0.160. The van der Waals surface area contributed by atoms with Crippen molar-refractivity contribution < 1.29 is 19.1 Å². The number of imide groups is 2. The Hall–Kier alpha value is -3.65. The van der Waals surface area contributed by atoms with Crippen LogP contribution in [-0.2, 0) is 22.6 Å². The van der Waals surface area contributed by atoms with E-state index in [0.29, 0.717) is 24.5 Å². The monoisotopic (exact) mass is 507 g/mol. The quantitative estimate of drug-likeness (QED) is 0.375. The number of carbonyl (C=O) groups excluding carboxylic acids is 3. The summed E-state index contributed by atoms with van der Waals surface area (Å²) in [4.78, 5) is 39.0. The van der Waals surface area contributed by atoms with Gasteiger partial charge in [-0.15, -0.1) is 0 Å².